The van der Waals surface area contributed by atoms with Gasteiger partial charge in [0.05, 0.1) is 30.2 Å². The molecule has 0 spiro atoms. The molecule has 2 aliphatic rings. The molecule has 0 radical (unpaired) electrons. The number of ether oxygens (including phenoxy) is 3. The third-order valence-corrected chi connectivity index (χ3v) is 8.98. The Kier molecular flexibility index (Phi) is 6.92. The SMILES string of the molecule is COc1ccc(OC)c(C(=O)COC(=O)c2cccc(S(=O)(=O)N3C[C@]4(C)C[C@H]3CC(C)(C)C4)c2)c1. The van der Waals surface area contributed by atoms with Crippen molar-refractivity contribution in [3.63, 3.8) is 0 Å². The van der Waals surface area contributed by atoms with E-state index in [4.69, 9.17) is 14.2 Å². The third kappa shape index (κ3) is 5.13. The van der Waals surface area contributed by atoms with Gasteiger partial charge in [-0.1, -0.05) is 26.8 Å². The number of esters is 1. The maximum atomic E-state index is 13.6. The molecule has 1 aliphatic carbocycles. The van der Waals surface area contributed by atoms with Crippen LogP contribution in [0.1, 0.15) is 60.7 Å². The van der Waals surface area contributed by atoms with Crippen LogP contribution in [0.25, 0.3) is 0 Å². The van der Waals surface area contributed by atoms with E-state index in [2.05, 4.69) is 20.8 Å². The molecule has 36 heavy (non-hydrogen) atoms. The van der Waals surface area contributed by atoms with Gasteiger partial charge in [-0.2, -0.15) is 4.31 Å². The van der Waals surface area contributed by atoms with E-state index in [0.29, 0.717) is 18.0 Å². The largest absolute Gasteiger partial charge is 0.497 e. The molecule has 1 saturated carbocycles. The first-order valence-electron chi connectivity index (χ1n) is 11.9. The number of nitrogens with zero attached hydrogens (tertiary/aromatic N) is 1. The number of hydrogen-bond acceptors (Lipinski definition) is 7. The highest BCUT2D eigenvalue weighted by Crippen LogP contribution is 2.53. The Bertz CT molecular complexity index is 1290. The summed E-state index contributed by atoms with van der Waals surface area (Å²) in [7, 11) is -0.884. The second-order valence-corrected chi connectivity index (χ2v) is 12.7. The first-order chi connectivity index (χ1) is 16.9. The van der Waals surface area contributed by atoms with Crippen molar-refractivity contribution in [1.29, 1.82) is 0 Å². The number of methoxy groups -OCH3 is 2. The zero-order chi connectivity index (χ0) is 26.3. The Hall–Kier alpha value is -2.91. The van der Waals surface area contributed by atoms with Gasteiger partial charge < -0.3 is 14.2 Å². The standard InChI is InChI=1S/C27H33NO7S/c1-26(2)13-19-14-27(3,16-26)17-28(19)36(31,32)21-8-6-7-18(11-21)25(30)35-15-23(29)22-12-20(33-4)9-10-24(22)34-5/h6-12,19H,13-17H2,1-5H3/t19-,27-/m1/s1. The fraction of sp³-hybridized carbons (Fsp3) is 0.481. The fourth-order valence-electron chi connectivity index (χ4n) is 5.93. The number of benzene rings is 2. The second kappa shape index (κ2) is 9.52. The first kappa shape index (κ1) is 26.2. The minimum Gasteiger partial charge on any atom is -0.497 e. The number of sulfonamides is 1. The summed E-state index contributed by atoms with van der Waals surface area (Å²) >= 11 is 0. The molecule has 0 unspecified atom stereocenters. The van der Waals surface area contributed by atoms with E-state index in [1.54, 1.807) is 16.4 Å². The highest BCUT2D eigenvalue weighted by molar-refractivity contribution is 7.89. The number of hydrogen-bond donors (Lipinski definition) is 0. The number of rotatable bonds is 8. The molecular formula is C27H33NO7S. The molecule has 2 atom stereocenters. The molecule has 0 N–H and O–H groups in total. The van der Waals surface area contributed by atoms with Crippen LogP contribution in [0.15, 0.2) is 47.4 Å². The van der Waals surface area contributed by atoms with Gasteiger partial charge >= 0.3 is 5.97 Å². The number of fused-ring (bicyclic) bond motifs is 2. The lowest BCUT2D eigenvalue weighted by atomic mass is 9.65. The zero-order valence-electron chi connectivity index (χ0n) is 21.4. The van der Waals surface area contributed by atoms with Gasteiger partial charge in [-0.3, -0.25) is 4.79 Å². The van der Waals surface area contributed by atoms with Crippen molar-refractivity contribution >= 4 is 21.8 Å². The van der Waals surface area contributed by atoms with E-state index in [-0.39, 0.29) is 32.9 Å². The van der Waals surface area contributed by atoms with Gasteiger partial charge in [0, 0.05) is 12.6 Å². The Morgan fingerprint density at radius 3 is 2.47 bits per heavy atom. The van der Waals surface area contributed by atoms with Crippen molar-refractivity contribution in [3.05, 3.63) is 53.6 Å². The van der Waals surface area contributed by atoms with Crippen molar-refractivity contribution in [3.8, 4) is 11.5 Å². The molecule has 1 heterocycles. The summed E-state index contributed by atoms with van der Waals surface area (Å²) in [4.78, 5) is 25.5. The summed E-state index contributed by atoms with van der Waals surface area (Å²) in [5, 5.41) is 0. The molecule has 8 nitrogen and oxygen atoms in total. The summed E-state index contributed by atoms with van der Waals surface area (Å²) in [6, 6.07) is 10.5. The van der Waals surface area contributed by atoms with Gasteiger partial charge in [-0.15, -0.1) is 0 Å². The lowest BCUT2D eigenvalue weighted by Gasteiger charge is -2.39. The molecule has 0 amide bonds. The molecule has 194 valence electrons. The van der Waals surface area contributed by atoms with E-state index in [1.807, 2.05) is 0 Å². The average molecular weight is 516 g/mol. The van der Waals surface area contributed by atoms with Crippen LogP contribution in [0.3, 0.4) is 0 Å². The quantitative estimate of drug-likeness (QED) is 0.381. The predicted octanol–water partition coefficient (Wildman–Crippen LogP) is 4.33. The smallest absolute Gasteiger partial charge is 0.338 e. The second-order valence-electron chi connectivity index (χ2n) is 10.9. The van der Waals surface area contributed by atoms with Gasteiger partial charge in [0.2, 0.25) is 15.8 Å². The summed E-state index contributed by atoms with van der Waals surface area (Å²) in [5.41, 5.74) is 0.302. The van der Waals surface area contributed by atoms with Crippen molar-refractivity contribution in [2.24, 2.45) is 10.8 Å². The first-order valence-corrected chi connectivity index (χ1v) is 13.4. The van der Waals surface area contributed by atoms with Crippen LogP contribution in [0.5, 0.6) is 11.5 Å². The average Bonchev–Trinajstić information content (AvgIpc) is 3.10. The van der Waals surface area contributed by atoms with E-state index in [9.17, 15) is 18.0 Å². The molecule has 1 aliphatic heterocycles. The monoisotopic (exact) mass is 515 g/mol. The minimum absolute atomic E-state index is 0.0479. The summed E-state index contributed by atoms with van der Waals surface area (Å²) in [6.45, 7) is 6.47. The Morgan fingerprint density at radius 1 is 1.03 bits per heavy atom. The Labute approximate surface area is 212 Å². The van der Waals surface area contributed by atoms with E-state index < -0.39 is 28.4 Å². The predicted molar refractivity (Wildman–Crippen MR) is 134 cm³/mol. The Balaban J connectivity index is 1.49. The molecule has 9 heteroatoms. The molecule has 2 fully saturated rings. The van der Waals surface area contributed by atoms with Crippen LogP contribution >= 0.6 is 0 Å². The summed E-state index contributed by atoms with van der Waals surface area (Å²) < 4.78 is 44.4. The topological polar surface area (TPSA) is 99.2 Å². The van der Waals surface area contributed by atoms with E-state index in [0.717, 1.165) is 19.3 Å². The third-order valence-electron chi connectivity index (χ3n) is 7.08. The molecule has 2 aromatic rings. The number of ketones is 1. The fourth-order valence-corrected chi connectivity index (χ4v) is 7.75. The Morgan fingerprint density at radius 2 is 1.78 bits per heavy atom. The molecule has 0 aromatic heterocycles. The summed E-state index contributed by atoms with van der Waals surface area (Å²) in [6.07, 6.45) is 2.62. The van der Waals surface area contributed by atoms with Crippen LogP contribution in [0, 0.1) is 10.8 Å². The van der Waals surface area contributed by atoms with Crippen LogP contribution in [-0.4, -0.2) is 57.9 Å². The normalized spacial score (nSPS) is 23.2. The van der Waals surface area contributed by atoms with E-state index in [1.165, 1.54) is 44.6 Å². The molecule has 1 saturated heterocycles. The zero-order valence-corrected chi connectivity index (χ0v) is 22.2. The molecule has 2 aromatic carbocycles. The maximum Gasteiger partial charge on any atom is 0.338 e. The highest BCUT2D eigenvalue weighted by Gasteiger charge is 2.53. The number of carbonyl (C=O) groups excluding carboxylic acids is 2. The van der Waals surface area contributed by atoms with Crippen molar-refractivity contribution in [1.82, 2.24) is 4.31 Å². The molecule has 2 bridgehead atoms. The van der Waals surface area contributed by atoms with Gasteiger partial charge in [-0.05, 0) is 66.5 Å². The van der Waals surface area contributed by atoms with Crippen LogP contribution in [-0.2, 0) is 14.8 Å². The highest BCUT2D eigenvalue weighted by atomic mass is 32.2. The molecule has 4 rings (SSSR count). The van der Waals surface area contributed by atoms with E-state index >= 15 is 0 Å². The van der Waals surface area contributed by atoms with Crippen LogP contribution < -0.4 is 9.47 Å². The van der Waals surface area contributed by atoms with Crippen molar-refractivity contribution in [2.75, 3.05) is 27.4 Å². The van der Waals surface area contributed by atoms with Crippen LogP contribution in [0.2, 0.25) is 0 Å². The maximum absolute atomic E-state index is 13.6. The minimum atomic E-state index is -3.80. The number of carbonyl (C=O) groups is 2. The van der Waals surface area contributed by atoms with Gasteiger partial charge in [0.25, 0.3) is 0 Å². The van der Waals surface area contributed by atoms with Crippen molar-refractivity contribution in [2.45, 2.75) is 51.0 Å². The van der Waals surface area contributed by atoms with Crippen LogP contribution in [0.4, 0.5) is 0 Å². The molecular weight excluding hydrogens is 482 g/mol. The van der Waals surface area contributed by atoms with Gasteiger partial charge in [0.15, 0.2) is 6.61 Å². The number of Topliss-reactive ketones (excluding diaryl/α,β-unsaturated/α-hetero) is 1. The summed E-state index contributed by atoms with van der Waals surface area (Å²) in [5.74, 6) is -0.455. The lowest BCUT2D eigenvalue weighted by Crippen LogP contribution is -2.37. The van der Waals surface area contributed by atoms with Gasteiger partial charge in [-0.25, -0.2) is 13.2 Å². The van der Waals surface area contributed by atoms with Crippen molar-refractivity contribution < 1.29 is 32.2 Å². The lowest BCUT2D eigenvalue weighted by molar-refractivity contribution is 0.0473. The van der Waals surface area contributed by atoms with Gasteiger partial charge in [0.1, 0.15) is 11.5 Å².